The number of azide groups is 1. The predicted molar refractivity (Wildman–Crippen MR) is 514 cm³/mol. The van der Waals surface area contributed by atoms with Crippen molar-refractivity contribution in [2.45, 2.75) is 243 Å². The van der Waals surface area contributed by atoms with Crippen LogP contribution >= 0.6 is 58.0 Å². The average molecular weight is 2050 g/mol. The van der Waals surface area contributed by atoms with Gasteiger partial charge in [-0.1, -0.05) is 103 Å². The zero-order valence-corrected chi connectivity index (χ0v) is 88.8. The van der Waals surface area contributed by atoms with Crippen molar-refractivity contribution in [2.75, 3.05) is 139 Å². The van der Waals surface area contributed by atoms with Crippen LogP contribution in [0.5, 0.6) is 0 Å². The Bertz CT molecular complexity index is 3930. The summed E-state index contributed by atoms with van der Waals surface area (Å²) in [5.74, 6) is 0.603. The number of piperidine rings is 4. The van der Waals surface area contributed by atoms with Gasteiger partial charge in [0.1, 0.15) is 22.4 Å². The summed E-state index contributed by atoms with van der Waals surface area (Å²) in [6, 6.07) is 23.3. The SMILES string of the molecule is CCCO[C@@H](c1cc(Cl)ccc1C)[C@@H]1CCCN(C(=O)OC(C)(C)C)C1.CCN(CC)CC.COC(=O)Cl.COC(=O)NCCO[C@@H](c1cc(Cl)ccc1C)[C@@H]1CCCN(C(=O)OC(C)(C)C)C1.Cc1ccc(Cl)cc1[C@H](OCCN)[C@@H]1CCCN(C(=O)OC(C)(C)C)C1.Cc1ccc(Cl)cc1[C@H](OCCN=[N+]=[N-])[C@@H]1CCCN(C(=O)OC(C)(C)C)C1.O.O.[2H]CF.[HH].[N-]=[N+]=[N-].[Na+].[Pd]. The van der Waals surface area contributed by atoms with E-state index in [4.69, 9.17) is 108 Å². The minimum absolute atomic E-state index is 0. The van der Waals surface area contributed by atoms with E-state index in [1.54, 1.807) is 14.7 Å². The number of alkyl halides is 1. The Balaban J connectivity index is -0.000000508. The summed E-state index contributed by atoms with van der Waals surface area (Å²) >= 11 is 29.6. The van der Waals surface area contributed by atoms with Gasteiger partial charge in [-0.25, -0.2) is 28.8 Å². The zero-order valence-electron chi connectivity index (χ0n) is 82.5. The van der Waals surface area contributed by atoms with Crippen LogP contribution in [0.2, 0.25) is 20.1 Å². The monoisotopic (exact) mass is 2050 g/mol. The van der Waals surface area contributed by atoms with Crippen molar-refractivity contribution in [3.8, 4) is 0 Å². The van der Waals surface area contributed by atoms with Crippen molar-refractivity contribution in [1.82, 2.24) is 29.8 Å². The van der Waals surface area contributed by atoms with Gasteiger partial charge in [0.25, 0.3) is 0 Å². The quantitative estimate of drug-likeness (QED) is 0.0118. The fourth-order valence-electron chi connectivity index (χ4n) is 14.4. The topological polar surface area (TPSA) is 419 Å². The molecule has 8 rings (SSSR count). The summed E-state index contributed by atoms with van der Waals surface area (Å²) in [4.78, 5) is 84.5. The first-order chi connectivity index (χ1) is 60.2. The molecule has 4 aromatic rings. The van der Waals surface area contributed by atoms with E-state index in [-0.39, 0.29) is 141 Å². The maximum atomic E-state index is 12.6. The van der Waals surface area contributed by atoms with Gasteiger partial charge in [0.05, 0.1) is 67.0 Å². The van der Waals surface area contributed by atoms with Gasteiger partial charge in [-0.3, -0.25) is 9.30 Å². The number of alkyl carbamates (subject to hydrolysis) is 1. The molecule has 0 aliphatic carbocycles. The third kappa shape index (κ3) is 54.0. The van der Waals surface area contributed by atoms with E-state index in [2.05, 4.69) is 82.9 Å². The zero-order chi connectivity index (χ0) is 97.1. The molecule has 746 valence electrons. The first kappa shape index (κ1) is 129. The van der Waals surface area contributed by atoms with Crippen LogP contribution in [0.25, 0.3) is 26.4 Å². The summed E-state index contributed by atoms with van der Waals surface area (Å²) in [5, 5.41) is 8.86. The van der Waals surface area contributed by atoms with Gasteiger partial charge in [-0.2, -0.15) is 0 Å². The Kier molecular flexibility index (Phi) is 68.8. The molecule has 4 aromatic carbocycles. The molecule has 0 saturated carbocycles. The fourth-order valence-corrected chi connectivity index (χ4v) is 15.1. The van der Waals surface area contributed by atoms with Crippen molar-refractivity contribution in [2.24, 2.45) is 34.5 Å². The second-order valence-electron chi connectivity index (χ2n) is 34.8. The van der Waals surface area contributed by atoms with Crippen LogP contribution < -0.4 is 40.6 Å². The van der Waals surface area contributed by atoms with E-state index in [9.17, 15) is 33.2 Å². The van der Waals surface area contributed by atoms with Crippen molar-refractivity contribution in [3.05, 3.63) is 164 Å². The van der Waals surface area contributed by atoms with Gasteiger partial charge < -0.3 is 105 Å². The number of methoxy groups -OCH3 is 2. The largest absolute Gasteiger partial charge is 1.00 e. The van der Waals surface area contributed by atoms with Crippen LogP contribution in [0.1, 0.15) is 240 Å². The van der Waals surface area contributed by atoms with E-state index < -0.39 is 41.1 Å². The van der Waals surface area contributed by atoms with Crippen LogP contribution in [0.3, 0.4) is 0 Å². The first-order valence-electron chi connectivity index (χ1n) is 44.1. The van der Waals surface area contributed by atoms with Gasteiger partial charge in [-0.15, -0.1) is 0 Å². The van der Waals surface area contributed by atoms with E-state index in [0.29, 0.717) is 100 Å². The van der Waals surface area contributed by atoms with Crippen LogP contribution in [0.15, 0.2) is 77.9 Å². The molecule has 131 heavy (non-hydrogen) atoms. The summed E-state index contributed by atoms with van der Waals surface area (Å²) in [6.45, 7) is 50.9. The van der Waals surface area contributed by atoms with Gasteiger partial charge in [0, 0.05) is 161 Å². The minimum atomic E-state index is -1.00. The summed E-state index contributed by atoms with van der Waals surface area (Å²) in [6.07, 6.45) is 6.15. The van der Waals surface area contributed by atoms with Gasteiger partial charge >= 0.3 is 65.5 Å². The second kappa shape index (κ2) is 69.8. The molecule has 4 aliphatic rings. The Morgan fingerprint density at radius 1 is 0.511 bits per heavy atom. The van der Waals surface area contributed by atoms with E-state index in [0.717, 1.165) is 108 Å². The van der Waals surface area contributed by atoms with E-state index in [1.807, 2.05) is 175 Å². The molecule has 0 radical (unpaired) electrons. The number of carbonyl (C=O) groups is 6. The standard InChI is InChI=1S/C22H33ClN2O5.C21H32ClNO3.C20H29ClN4O3.C20H31ClN2O3.C6H15N.C2H3ClO2.CH3F.N3.Na.2H2O.Pd.H2/c1-15-8-9-17(23)13-18(15)19(29-12-10-24-20(26)28-5)16-7-6-11-25(14-16)21(27)30-22(2,3)4;1-6-12-25-19(18-13-17(22)10-9-15(18)2)16-8-7-11-23(14-16)20(24)26-21(3,4)5;1-14-7-8-16(21)12-17(14)18(27-11-9-23-24-22)15-6-5-10-25(13-15)19(26)28-20(2,3)4;1-14-7-8-16(21)12-17(14)18(25-11-9-22)15-6-5-10-23(13-15)19(24)26-20(2,3)4;1-4-7(5-2)6-3;1-5-2(3)4;1-2;1-3-2;;;;;/h8-9,13,16,19H,6-7,10-12,14H2,1-5H3,(H,24,26);9-10,13,16,19H,6-8,11-12,14H2,1-5H3;7-8,12,15,18H,5-6,9-11,13H2,1-4H3;7-8,12,15,18H,5-6,9-11,13,22H2,1-4H3;4-6H2,1-3H3;1H3;1H3;;;2*1H2;;1H/q;;;;;;;-1;+1;;;;/t2*16-,19-;2*15-,18-;;;;;;;;;/m1111........./s1/i;;;;;;1D;;;;;;. The van der Waals surface area contributed by atoms with Crippen LogP contribution in [-0.2, 0) is 67.8 Å². The number of nitrogens with two attached hydrogens (primary N) is 1. The summed E-state index contributed by atoms with van der Waals surface area (Å²) < 4.78 is 70.9. The minimum Gasteiger partial charge on any atom is -0.457 e. The van der Waals surface area contributed by atoms with Crippen molar-refractivity contribution < 1.29 is 144 Å². The number of aryl methyl sites for hydroxylation is 4. The number of hydrogen-bond acceptors (Lipinski definition) is 19. The third-order valence-electron chi connectivity index (χ3n) is 20.2. The molecule has 0 aromatic heterocycles. The number of nitrogens with zero attached hydrogens (tertiary/aromatic N) is 11. The normalized spacial score (nSPS) is 16.7. The number of halogens is 6. The van der Waals surface area contributed by atoms with Crippen LogP contribution in [0, 0.1) is 51.4 Å². The third-order valence-corrected chi connectivity index (χ3v) is 21.3. The Hall–Kier alpha value is -5.96. The molecule has 4 heterocycles. The maximum Gasteiger partial charge on any atom is 1.00 e. The summed E-state index contributed by atoms with van der Waals surface area (Å²) in [7, 11) is 1.54. The van der Waals surface area contributed by atoms with Crippen LogP contribution in [0.4, 0.5) is 33.2 Å². The number of hydrogen-bond donors (Lipinski definition) is 2. The molecule has 4 aliphatic heterocycles. The maximum absolute atomic E-state index is 12.6. The van der Waals surface area contributed by atoms with Crippen molar-refractivity contribution in [1.29, 1.82) is 0 Å². The van der Waals surface area contributed by atoms with Gasteiger partial charge in [0.2, 0.25) is 0 Å². The molecule has 31 nitrogen and oxygen atoms in total. The number of carbonyl (C=O) groups excluding carboxylic acids is 6. The second-order valence-corrected chi connectivity index (χ2v) is 36.9. The number of rotatable bonds is 25. The summed E-state index contributed by atoms with van der Waals surface area (Å²) in [5.41, 5.74) is 33.5. The van der Waals surface area contributed by atoms with Crippen molar-refractivity contribution in [3.63, 3.8) is 0 Å². The number of amides is 5. The first-order valence-corrected chi connectivity index (χ1v) is 45.3. The van der Waals surface area contributed by atoms with Gasteiger partial charge in [0.15, 0.2) is 0 Å². The van der Waals surface area contributed by atoms with E-state index in [1.165, 1.54) is 44.3 Å². The molecule has 8 atom stereocenters. The molecular weight excluding hydrogens is 1900 g/mol. The Morgan fingerprint density at radius 2 is 0.763 bits per heavy atom. The predicted octanol–water partition coefficient (Wildman–Crippen LogP) is 19.8. The molecule has 0 unspecified atom stereocenters. The molecule has 0 spiro atoms. The Morgan fingerprint density at radius 3 is 0.977 bits per heavy atom. The number of benzene rings is 4. The van der Waals surface area contributed by atoms with Gasteiger partial charge in [-0.05, 0) is 287 Å². The molecule has 7 N–H and O–H groups in total. The molecule has 4 fully saturated rings. The average Bonchev–Trinajstić information content (AvgIpc) is 0.823. The molecule has 0 bridgehead atoms. The smallest absolute Gasteiger partial charge is 0.457 e. The molecular formula is C92H152Cl5FN13NaO18Pd. The Labute approximate surface area is 842 Å². The molecule has 5 amide bonds. The molecule has 4 saturated heterocycles. The van der Waals surface area contributed by atoms with Crippen molar-refractivity contribution >= 4 is 93.9 Å². The number of likely N-dealkylation sites (tertiary alicyclic amines) is 4. The fraction of sp³-hybridized carbons (Fsp3) is 0.674. The number of nitrogens with one attached hydrogen (secondary N) is 1. The number of ether oxygens (including phenoxy) is 10. The van der Waals surface area contributed by atoms with Crippen LogP contribution in [-0.4, -0.2) is 233 Å². The van der Waals surface area contributed by atoms with E-state index >= 15 is 0 Å². The molecule has 39 heteroatoms.